The van der Waals surface area contributed by atoms with Crippen molar-refractivity contribution in [2.75, 3.05) is 0 Å². The fourth-order valence-electron chi connectivity index (χ4n) is 8.01. The van der Waals surface area contributed by atoms with Gasteiger partial charge in [-0.3, -0.25) is 0 Å². The molecule has 0 saturated heterocycles. The number of nitrogens with zero attached hydrogens (tertiary/aromatic N) is 3. The number of benzene rings is 8. The van der Waals surface area contributed by atoms with Gasteiger partial charge in [0.2, 0.25) is 0 Å². The van der Waals surface area contributed by atoms with E-state index in [1.165, 1.54) is 32.6 Å². The smallest absolute Gasteiger partial charge is 0.160 e. The van der Waals surface area contributed by atoms with E-state index in [-0.39, 0.29) is 0 Å². The predicted molar refractivity (Wildman–Crippen MR) is 215 cm³/mol. The van der Waals surface area contributed by atoms with Gasteiger partial charge in [-0.15, -0.1) is 0 Å². The third kappa shape index (κ3) is 4.34. The molecule has 0 unspecified atom stereocenters. The maximum atomic E-state index is 6.29. The molecule has 0 fully saturated rings. The SMILES string of the molecule is c1ccc(-c2nc(-c3cccc(-c4ccc5c(c4)c4c6ccccc6ccc4n5-c4ccccc4)c3)nc3c2ccc2oc4ccccc4c23)cc1. The van der Waals surface area contributed by atoms with Crippen LogP contribution in [0.15, 0.2) is 180 Å². The lowest BCUT2D eigenvalue weighted by atomic mass is 9.98. The van der Waals surface area contributed by atoms with E-state index in [4.69, 9.17) is 14.4 Å². The minimum atomic E-state index is 0.679. The second-order valence-electron chi connectivity index (χ2n) is 13.4. The van der Waals surface area contributed by atoms with Crippen LogP contribution in [0.3, 0.4) is 0 Å². The Morgan fingerprint density at radius 2 is 1.12 bits per heavy atom. The zero-order valence-corrected chi connectivity index (χ0v) is 28.0. The van der Waals surface area contributed by atoms with Gasteiger partial charge in [0.15, 0.2) is 5.82 Å². The van der Waals surface area contributed by atoms with Gasteiger partial charge in [0.1, 0.15) is 11.2 Å². The minimum absolute atomic E-state index is 0.679. The monoisotopic (exact) mass is 663 g/mol. The standard InChI is InChI=1S/C48H29N3O/c1-3-13-31(14-4-1)46-38-24-27-43-45(37-20-9-10-21-42(37)52-43)47(38)50-48(49-46)34-16-11-15-32(28-34)33-23-25-40-39(29-33)44-36-19-8-7-12-30(36)22-26-41(44)51(40)35-17-5-2-6-18-35/h1-29H. The highest BCUT2D eigenvalue weighted by Gasteiger charge is 2.19. The molecule has 0 saturated carbocycles. The van der Waals surface area contributed by atoms with Crippen molar-refractivity contribution in [3.8, 4) is 39.5 Å². The average molecular weight is 664 g/mol. The van der Waals surface area contributed by atoms with Crippen molar-refractivity contribution < 1.29 is 4.42 Å². The van der Waals surface area contributed by atoms with E-state index in [1.54, 1.807) is 0 Å². The van der Waals surface area contributed by atoms with Crippen molar-refractivity contribution >= 4 is 65.4 Å². The highest BCUT2D eigenvalue weighted by Crippen LogP contribution is 2.41. The van der Waals surface area contributed by atoms with Gasteiger partial charge in [-0.2, -0.15) is 0 Å². The van der Waals surface area contributed by atoms with E-state index in [0.717, 1.165) is 66.5 Å². The molecule has 52 heavy (non-hydrogen) atoms. The summed E-state index contributed by atoms with van der Waals surface area (Å²) in [5, 5.41) is 8.03. The number of para-hydroxylation sites is 2. The van der Waals surface area contributed by atoms with Crippen LogP contribution in [0, 0.1) is 0 Å². The molecule has 0 aliphatic heterocycles. The van der Waals surface area contributed by atoms with Gasteiger partial charge in [0.25, 0.3) is 0 Å². The quantitative estimate of drug-likeness (QED) is 0.188. The summed E-state index contributed by atoms with van der Waals surface area (Å²) >= 11 is 0. The summed E-state index contributed by atoms with van der Waals surface area (Å²) in [6.07, 6.45) is 0. The first-order valence-corrected chi connectivity index (χ1v) is 17.6. The number of fused-ring (bicyclic) bond motifs is 10. The van der Waals surface area contributed by atoms with Crippen molar-refractivity contribution in [1.29, 1.82) is 0 Å². The molecule has 8 aromatic carbocycles. The predicted octanol–water partition coefficient (Wildman–Crippen LogP) is 12.8. The molecule has 0 amide bonds. The Morgan fingerprint density at radius 1 is 0.404 bits per heavy atom. The zero-order valence-electron chi connectivity index (χ0n) is 28.0. The van der Waals surface area contributed by atoms with E-state index in [2.05, 4.69) is 156 Å². The zero-order chi connectivity index (χ0) is 34.2. The summed E-state index contributed by atoms with van der Waals surface area (Å²) in [4.78, 5) is 10.6. The lowest BCUT2D eigenvalue weighted by Crippen LogP contribution is -1.96. The molecule has 242 valence electrons. The van der Waals surface area contributed by atoms with Crippen molar-refractivity contribution in [3.05, 3.63) is 176 Å². The van der Waals surface area contributed by atoms with Crippen LogP contribution in [0.2, 0.25) is 0 Å². The molecule has 0 bridgehead atoms. The van der Waals surface area contributed by atoms with E-state index in [1.807, 2.05) is 24.3 Å². The summed E-state index contributed by atoms with van der Waals surface area (Å²) in [6.45, 7) is 0. The molecule has 0 N–H and O–H groups in total. The normalized spacial score (nSPS) is 11.8. The number of furan rings is 1. The molecule has 0 aliphatic rings. The number of hydrogen-bond acceptors (Lipinski definition) is 3. The lowest BCUT2D eigenvalue weighted by molar-refractivity contribution is 0.669. The summed E-state index contributed by atoms with van der Waals surface area (Å²) < 4.78 is 8.67. The van der Waals surface area contributed by atoms with Crippen LogP contribution in [0.4, 0.5) is 0 Å². The van der Waals surface area contributed by atoms with E-state index in [9.17, 15) is 0 Å². The van der Waals surface area contributed by atoms with Crippen LogP contribution < -0.4 is 0 Å². The fraction of sp³-hybridized carbons (Fsp3) is 0. The van der Waals surface area contributed by atoms with Gasteiger partial charge in [-0.1, -0.05) is 121 Å². The van der Waals surface area contributed by atoms with Crippen LogP contribution >= 0.6 is 0 Å². The summed E-state index contributed by atoms with van der Waals surface area (Å²) in [5.41, 5.74) is 11.2. The van der Waals surface area contributed by atoms with Crippen LogP contribution in [-0.4, -0.2) is 14.5 Å². The van der Waals surface area contributed by atoms with Crippen LogP contribution in [0.5, 0.6) is 0 Å². The molecular formula is C48H29N3O. The third-order valence-corrected chi connectivity index (χ3v) is 10.4. The van der Waals surface area contributed by atoms with Gasteiger partial charge in [-0.25, -0.2) is 9.97 Å². The van der Waals surface area contributed by atoms with Crippen LogP contribution in [0.1, 0.15) is 0 Å². The van der Waals surface area contributed by atoms with Crippen LogP contribution in [-0.2, 0) is 0 Å². The highest BCUT2D eigenvalue weighted by atomic mass is 16.3. The largest absolute Gasteiger partial charge is 0.456 e. The van der Waals surface area contributed by atoms with Gasteiger partial charge in [0.05, 0.1) is 27.6 Å². The number of aromatic nitrogens is 3. The van der Waals surface area contributed by atoms with Crippen molar-refractivity contribution in [2.45, 2.75) is 0 Å². The van der Waals surface area contributed by atoms with Crippen molar-refractivity contribution in [2.24, 2.45) is 0 Å². The molecule has 0 radical (unpaired) electrons. The van der Waals surface area contributed by atoms with E-state index in [0.29, 0.717) is 5.82 Å². The van der Waals surface area contributed by atoms with Crippen molar-refractivity contribution in [3.63, 3.8) is 0 Å². The molecule has 0 atom stereocenters. The Hall–Kier alpha value is -7.04. The molecule has 0 spiro atoms. The number of rotatable bonds is 4. The molecular weight excluding hydrogens is 635 g/mol. The maximum absolute atomic E-state index is 6.29. The van der Waals surface area contributed by atoms with Gasteiger partial charge in [-0.05, 0) is 76.5 Å². The summed E-state index contributed by atoms with van der Waals surface area (Å²) in [6, 6.07) is 62.0. The first-order chi connectivity index (χ1) is 25.8. The topological polar surface area (TPSA) is 43.9 Å². The van der Waals surface area contributed by atoms with Gasteiger partial charge in [0, 0.05) is 38.4 Å². The number of hydrogen-bond donors (Lipinski definition) is 0. The van der Waals surface area contributed by atoms with Crippen molar-refractivity contribution in [1.82, 2.24) is 14.5 Å². The molecule has 0 aliphatic carbocycles. The lowest BCUT2D eigenvalue weighted by Gasteiger charge is -2.11. The van der Waals surface area contributed by atoms with Crippen LogP contribution in [0.25, 0.3) is 105 Å². The molecule has 3 heterocycles. The Bertz CT molecular complexity index is 3180. The van der Waals surface area contributed by atoms with E-state index >= 15 is 0 Å². The molecule has 4 heteroatoms. The fourth-order valence-corrected chi connectivity index (χ4v) is 8.01. The third-order valence-electron chi connectivity index (χ3n) is 10.4. The molecule has 4 nitrogen and oxygen atoms in total. The Labute approximate surface area is 298 Å². The van der Waals surface area contributed by atoms with Gasteiger partial charge < -0.3 is 8.98 Å². The Balaban J connectivity index is 1.14. The van der Waals surface area contributed by atoms with Gasteiger partial charge >= 0.3 is 0 Å². The average Bonchev–Trinajstić information content (AvgIpc) is 3.77. The second-order valence-corrected chi connectivity index (χ2v) is 13.4. The van der Waals surface area contributed by atoms with E-state index < -0.39 is 0 Å². The first kappa shape index (κ1) is 28.8. The highest BCUT2D eigenvalue weighted by molar-refractivity contribution is 6.22. The second kappa shape index (κ2) is 11.2. The summed E-state index contributed by atoms with van der Waals surface area (Å²) in [7, 11) is 0. The molecule has 11 rings (SSSR count). The Morgan fingerprint density at radius 3 is 2.00 bits per heavy atom. The Kier molecular flexibility index (Phi) is 6.22. The summed E-state index contributed by atoms with van der Waals surface area (Å²) in [5.74, 6) is 0.679. The molecule has 3 aromatic heterocycles. The maximum Gasteiger partial charge on any atom is 0.160 e. The first-order valence-electron chi connectivity index (χ1n) is 17.6. The molecule has 11 aromatic rings. The minimum Gasteiger partial charge on any atom is -0.456 e.